The van der Waals surface area contributed by atoms with Crippen LogP contribution in [-0.2, 0) is 22.4 Å². The van der Waals surface area contributed by atoms with Crippen molar-refractivity contribution in [3.05, 3.63) is 88.5 Å². The average molecular weight is 444 g/mol. The van der Waals surface area contributed by atoms with Crippen LogP contribution < -0.4 is 10.6 Å². The molecule has 1 heterocycles. The van der Waals surface area contributed by atoms with Gasteiger partial charge in [0, 0.05) is 11.1 Å². The molecule has 3 aromatic carbocycles. The van der Waals surface area contributed by atoms with Gasteiger partial charge in [-0.3, -0.25) is 14.7 Å². The van der Waals surface area contributed by atoms with Gasteiger partial charge in [0.2, 0.25) is 11.8 Å². The standard InChI is InChI=1S/C25H18F2N4O2/c26-14-3-1-12-7-19(17(12)9-14)24(32)28-16-5-6-22-21(11-16)23(31-30-22)29-25(33)20-8-13-2-4-15(27)10-18(13)20/h1-6,9-11,19-20H,7-8H2,(H,28,32)(H2,29,30,31,33). The molecule has 164 valence electrons. The van der Waals surface area contributed by atoms with E-state index in [2.05, 4.69) is 20.8 Å². The number of nitrogens with one attached hydrogen (secondary N) is 3. The van der Waals surface area contributed by atoms with Crippen LogP contribution in [0.2, 0.25) is 0 Å². The number of carbonyl (C=O) groups excluding carboxylic acids is 2. The highest BCUT2D eigenvalue weighted by Gasteiger charge is 2.34. The summed E-state index contributed by atoms with van der Waals surface area (Å²) in [6.07, 6.45) is 1.12. The van der Waals surface area contributed by atoms with Crippen LogP contribution in [0.15, 0.2) is 54.6 Å². The van der Waals surface area contributed by atoms with Gasteiger partial charge in [-0.25, -0.2) is 8.78 Å². The zero-order valence-corrected chi connectivity index (χ0v) is 17.3. The van der Waals surface area contributed by atoms with E-state index < -0.39 is 11.8 Å². The number of rotatable bonds is 4. The van der Waals surface area contributed by atoms with Gasteiger partial charge in [-0.1, -0.05) is 12.1 Å². The molecule has 0 bridgehead atoms. The van der Waals surface area contributed by atoms with E-state index in [0.29, 0.717) is 46.4 Å². The predicted molar refractivity (Wildman–Crippen MR) is 119 cm³/mol. The fraction of sp³-hybridized carbons (Fsp3) is 0.160. The number of carbonyl (C=O) groups is 2. The molecular formula is C25H18F2N4O2. The Bertz CT molecular complexity index is 1460. The first-order valence-corrected chi connectivity index (χ1v) is 10.6. The molecule has 33 heavy (non-hydrogen) atoms. The van der Waals surface area contributed by atoms with Gasteiger partial charge in [-0.05, 0) is 77.6 Å². The van der Waals surface area contributed by atoms with Crippen molar-refractivity contribution in [1.29, 1.82) is 0 Å². The van der Waals surface area contributed by atoms with E-state index in [1.807, 2.05) is 0 Å². The number of H-pyrrole nitrogens is 1. The molecule has 0 spiro atoms. The summed E-state index contributed by atoms with van der Waals surface area (Å²) in [6.45, 7) is 0. The van der Waals surface area contributed by atoms with Crippen LogP contribution in [0.4, 0.5) is 20.3 Å². The molecule has 2 atom stereocenters. The lowest BCUT2D eigenvalue weighted by Crippen LogP contribution is -2.30. The van der Waals surface area contributed by atoms with Gasteiger partial charge < -0.3 is 10.6 Å². The fourth-order valence-corrected chi connectivity index (χ4v) is 4.64. The SMILES string of the molecule is O=C(Nc1ccc2[nH]nc(NC(=O)C3Cc4ccc(F)cc43)c2c1)C1Cc2ccc(F)cc21. The monoisotopic (exact) mass is 444 g/mol. The molecule has 0 saturated heterocycles. The number of benzene rings is 3. The molecule has 6 rings (SSSR count). The van der Waals surface area contributed by atoms with Gasteiger partial charge in [0.25, 0.3) is 0 Å². The van der Waals surface area contributed by atoms with Crippen molar-refractivity contribution in [2.45, 2.75) is 24.7 Å². The highest BCUT2D eigenvalue weighted by molar-refractivity contribution is 6.05. The Kier molecular flexibility index (Phi) is 4.29. The zero-order valence-electron chi connectivity index (χ0n) is 17.3. The molecule has 2 aliphatic carbocycles. The quantitative estimate of drug-likeness (QED) is 0.436. The van der Waals surface area contributed by atoms with E-state index in [-0.39, 0.29) is 23.4 Å². The van der Waals surface area contributed by atoms with Gasteiger partial charge in [0.15, 0.2) is 5.82 Å². The molecule has 3 N–H and O–H groups in total. The van der Waals surface area contributed by atoms with E-state index in [1.54, 1.807) is 30.3 Å². The smallest absolute Gasteiger partial charge is 0.233 e. The Labute approximate surface area is 187 Å². The van der Waals surface area contributed by atoms with E-state index in [4.69, 9.17) is 0 Å². The van der Waals surface area contributed by atoms with Crippen LogP contribution in [-0.4, -0.2) is 22.0 Å². The van der Waals surface area contributed by atoms with Crippen molar-refractivity contribution in [2.75, 3.05) is 10.6 Å². The number of aromatic nitrogens is 2. The number of aromatic amines is 1. The summed E-state index contributed by atoms with van der Waals surface area (Å²) in [5.41, 5.74) is 4.58. The van der Waals surface area contributed by atoms with E-state index in [0.717, 1.165) is 11.1 Å². The van der Waals surface area contributed by atoms with Gasteiger partial charge in [0.05, 0.1) is 17.4 Å². The summed E-state index contributed by atoms with van der Waals surface area (Å²) in [7, 11) is 0. The van der Waals surface area contributed by atoms with Crippen LogP contribution in [0.1, 0.15) is 34.1 Å². The molecular weight excluding hydrogens is 426 g/mol. The van der Waals surface area contributed by atoms with Crippen LogP contribution in [0.25, 0.3) is 10.9 Å². The zero-order chi connectivity index (χ0) is 22.7. The first kappa shape index (κ1) is 19.6. The minimum Gasteiger partial charge on any atom is -0.326 e. The highest BCUT2D eigenvalue weighted by atomic mass is 19.1. The fourth-order valence-electron chi connectivity index (χ4n) is 4.64. The third-order valence-electron chi connectivity index (χ3n) is 6.52. The van der Waals surface area contributed by atoms with Gasteiger partial charge in [-0.15, -0.1) is 0 Å². The van der Waals surface area contributed by atoms with Crippen molar-refractivity contribution >= 4 is 34.2 Å². The highest BCUT2D eigenvalue weighted by Crippen LogP contribution is 2.38. The van der Waals surface area contributed by atoms with E-state index >= 15 is 0 Å². The maximum absolute atomic E-state index is 13.5. The largest absolute Gasteiger partial charge is 0.326 e. The molecule has 0 radical (unpaired) electrons. The summed E-state index contributed by atoms with van der Waals surface area (Å²) in [6, 6.07) is 14.2. The molecule has 0 saturated carbocycles. The summed E-state index contributed by atoms with van der Waals surface area (Å²) in [4.78, 5) is 25.5. The lowest BCUT2D eigenvalue weighted by atomic mass is 9.77. The van der Waals surface area contributed by atoms with Crippen LogP contribution in [0.5, 0.6) is 0 Å². The van der Waals surface area contributed by atoms with Gasteiger partial charge >= 0.3 is 0 Å². The molecule has 2 amide bonds. The Balaban J connectivity index is 1.20. The normalized spacial score (nSPS) is 18.0. The van der Waals surface area contributed by atoms with E-state index in [1.165, 1.54) is 24.3 Å². The Hall–Kier alpha value is -4.07. The minimum absolute atomic E-state index is 0.213. The van der Waals surface area contributed by atoms with Crippen molar-refractivity contribution in [2.24, 2.45) is 0 Å². The Morgan fingerprint density at radius 3 is 2.06 bits per heavy atom. The van der Waals surface area contributed by atoms with Crippen molar-refractivity contribution in [1.82, 2.24) is 10.2 Å². The maximum Gasteiger partial charge on any atom is 0.233 e. The number of hydrogen-bond acceptors (Lipinski definition) is 3. The van der Waals surface area contributed by atoms with Crippen molar-refractivity contribution in [3.63, 3.8) is 0 Å². The van der Waals surface area contributed by atoms with Crippen molar-refractivity contribution in [3.8, 4) is 0 Å². The third kappa shape index (κ3) is 3.26. The van der Waals surface area contributed by atoms with Gasteiger partial charge in [-0.2, -0.15) is 5.10 Å². The van der Waals surface area contributed by atoms with Gasteiger partial charge in [0.1, 0.15) is 11.6 Å². The second kappa shape index (κ2) is 7.23. The molecule has 2 aliphatic rings. The number of anilines is 2. The minimum atomic E-state index is -0.426. The first-order chi connectivity index (χ1) is 16.0. The van der Waals surface area contributed by atoms with E-state index in [9.17, 15) is 18.4 Å². The van der Waals surface area contributed by atoms with Crippen LogP contribution in [0.3, 0.4) is 0 Å². The summed E-state index contributed by atoms with van der Waals surface area (Å²) >= 11 is 0. The molecule has 0 fully saturated rings. The average Bonchev–Trinajstić information content (AvgIpc) is 3.15. The number of halogens is 2. The number of nitrogens with zero attached hydrogens (tertiary/aromatic N) is 1. The van der Waals surface area contributed by atoms with Crippen LogP contribution >= 0.6 is 0 Å². The molecule has 4 aromatic rings. The lowest BCUT2D eigenvalue weighted by Gasteiger charge is -2.29. The number of amides is 2. The third-order valence-corrected chi connectivity index (χ3v) is 6.52. The second-order valence-electron chi connectivity index (χ2n) is 8.51. The first-order valence-electron chi connectivity index (χ1n) is 10.6. The summed E-state index contributed by atoms with van der Waals surface area (Å²) < 4.78 is 27.1. The summed E-state index contributed by atoms with van der Waals surface area (Å²) in [5, 5.41) is 13.4. The Morgan fingerprint density at radius 2 is 1.42 bits per heavy atom. The maximum atomic E-state index is 13.5. The molecule has 1 aromatic heterocycles. The molecule has 6 nitrogen and oxygen atoms in total. The number of hydrogen-bond donors (Lipinski definition) is 3. The Morgan fingerprint density at radius 1 is 0.818 bits per heavy atom. The number of fused-ring (bicyclic) bond motifs is 3. The molecule has 8 heteroatoms. The topological polar surface area (TPSA) is 86.9 Å². The summed E-state index contributed by atoms with van der Waals surface area (Å²) in [5.74, 6) is -1.68. The van der Waals surface area contributed by atoms with Crippen molar-refractivity contribution < 1.29 is 18.4 Å². The predicted octanol–water partition coefficient (Wildman–Crippen LogP) is 4.40. The van der Waals surface area contributed by atoms with Crippen LogP contribution in [0, 0.1) is 11.6 Å². The lowest BCUT2D eigenvalue weighted by molar-refractivity contribution is -0.118. The second-order valence-corrected chi connectivity index (χ2v) is 8.51. The molecule has 0 aliphatic heterocycles. The molecule has 2 unspecified atom stereocenters.